The van der Waals surface area contributed by atoms with E-state index in [0.29, 0.717) is 28.5 Å². The summed E-state index contributed by atoms with van der Waals surface area (Å²) in [6, 6.07) is 3.44. The number of guanidine groups is 1. The second-order valence-electron chi connectivity index (χ2n) is 5.28. The molecule has 1 saturated heterocycles. The van der Waals surface area contributed by atoms with Gasteiger partial charge in [0.05, 0.1) is 0 Å². The summed E-state index contributed by atoms with van der Waals surface area (Å²) >= 11 is 3.27. The number of hydrogen-bond donors (Lipinski definition) is 3. The predicted octanol–water partition coefficient (Wildman–Crippen LogP) is 2.01. The van der Waals surface area contributed by atoms with Crippen LogP contribution in [0.25, 0.3) is 0 Å². The summed E-state index contributed by atoms with van der Waals surface area (Å²) in [4.78, 5) is 5.14. The van der Waals surface area contributed by atoms with E-state index in [1.54, 1.807) is 13.1 Å². The van der Waals surface area contributed by atoms with E-state index in [-0.39, 0.29) is 24.0 Å². The Morgan fingerprint density at radius 1 is 1.33 bits per heavy atom. The minimum absolute atomic E-state index is 0. The van der Waals surface area contributed by atoms with Crippen molar-refractivity contribution in [2.75, 3.05) is 32.4 Å². The Kier molecular flexibility index (Phi) is 9.94. The van der Waals surface area contributed by atoms with Gasteiger partial charge in [-0.05, 0) is 37.7 Å². The molecule has 10 heteroatoms. The highest BCUT2D eigenvalue weighted by atomic mass is 127. The van der Waals surface area contributed by atoms with E-state index in [2.05, 4.69) is 20.3 Å². The maximum absolute atomic E-state index is 12.1. The van der Waals surface area contributed by atoms with Gasteiger partial charge in [0, 0.05) is 36.8 Å². The average molecular weight is 504 g/mol. The van der Waals surface area contributed by atoms with Gasteiger partial charge in [0.25, 0.3) is 0 Å². The van der Waals surface area contributed by atoms with Gasteiger partial charge in [0.1, 0.15) is 4.21 Å². The molecule has 1 aliphatic heterocycles. The van der Waals surface area contributed by atoms with Gasteiger partial charge in [-0.2, -0.15) is 11.8 Å². The van der Waals surface area contributed by atoms with Crippen LogP contribution in [0.3, 0.4) is 0 Å². The number of thiophene rings is 1. The van der Waals surface area contributed by atoms with E-state index in [1.165, 1.54) is 29.9 Å². The number of aryl methyl sites for hydroxylation is 1. The van der Waals surface area contributed by atoms with E-state index in [4.69, 9.17) is 0 Å². The Morgan fingerprint density at radius 3 is 2.71 bits per heavy atom. The number of nitrogens with zero attached hydrogens (tertiary/aromatic N) is 1. The molecule has 1 fully saturated rings. The maximum atomic E-state index is 12.1. The van der Waals surface area contributed by atoms with Crippen molar-refractivity contribution in [1.29, 1.82) is 0 Å². The molecular weight excluding hydrogens is 479 g/mol. The van der Waals surface area contributed by atoms with Crippen LogP contribution >= 0.6 is 47.1 Å². The number of halogens is 1. The Hall–Kier alpha value is -0.0400. The molecule has 0 aliphatic carbocycles. The molecule has 0 bridgehead atoms. The molecule has 0 aromatic carbocycles. The SMILES string of the molecule is CN=C(NCCNS(=O)(=O)c1ccc(C)s1)NCC1CCCS1.I. The number of aliphatic imine (C=N–C) groups is 1. The Morgan fingerprint density at radius 2 is 2.12 bits per heavy atom. The lowest BCUT2D eigenvalue weighted by Crippen LogP contribution is -2.43. The maximum Gasteiger partial charge on any atom is 0.250 e. The zero-order chi connectivity index (χ0) is 16.7. The third-order valence-corrected chi connectivity index (χ3v) is 7.79. The van der Waals surface area contributed by atoms with Crippen molar-refractivity contribution in [2.24, 2.45) is 4.99 Å². The smallest absolute Gasteiger partial charge is 0.250 e. The molecular formula is C14H25IN4O2S3. The summed E-state index contributed by atoms with van der Waals surface area (Å²) < 4.78 is 27.1. The van der Waals surface area contributed by atoms with Crippen LogP contribution < -0.4 is 15.4 Å². The van der Waals surface area contributed by atoms with Crippen molar-refractivity contribution in [3.8, 4) is 0 Å². The van der Waals surface area contributed by atoms with Crippen molar-refractivity contribution in [2.45, 2.75) is 29.2 Å². The highest BCUT2D eigenvalue weighted by Gasteiger charge is 2.16. The Bertz CT molecular complexity index is 628. The van der Waals surface area contributed by atoms with Gasteiger partial charge < -0.3 is 10.6 Å². The normalized spacial score (nSPS) is 18.2. The van der Waals surface area contributed by atoms with Crippen LogP contribution in [0.4, 0.5) is 0 Å². The molecule has 1 aromatic heterocycles. The number of rotatable bonds is 7. The summed E-state index contributed by atoms with van der Waals surface area (Å²) in [5.74, 6) is 1.95. The lowest BCUT2D eigenvalue weighted by atomic mass is 10.2. The monoisotopic (exact) mass is 504 g/mol. The summed E-state index contributed by atoms with van der Waals surface area (Å²) in [5.41, 5.74) is 0. The number of nitrogens with one attached hydrogen (secondary N) is 3. The average Bonchev–Trinajstić information content (AvgIpc) is 3.18. The molecule has 1 unspecified atom stereocenters. The van der Waals surface area contributed by atoms with Crippen molar-refractivity contribution >= 4 is 63.1 Å². The molecule has 2 rings (SSSR count). The highest BCUT2D eigenvalue weighted by Crippen LogP contribution is 2.25. The molecule has 0 spiro atoms. The van der Waals surface area contributed by atoms with E-state index in [9.17, 15) is 8.42 Å². The fourth-order valence-electron chi connectivity index (χ4n) is 2.23. The number of hydrogen-bond acceptors (Lipinski definition) is 5. The first-order valence-corrected chi connectivity index (χ1v) is 11.0. The topological polar surface area (TPSA) is 82.6 Å². The number of thioether (sulfide) groups is 1. The summed E-state index contributed by atoms with van der Waals surface area (Å²) in [7, 11) is -1.69. The first-order valence-electron chi connectivity index (χ1n) is 7.63. The number of sulfonamides is 1. The van der Waals surface area contributed by atoms with Crippen molar-refractivity contribution < 1.29 is 8.42 Å². The molecule has 1 aromatic rings. The molecule has 138 valence electrons. The van der Waals surface area contributed by atoms with E-state index >= 15 is 0 Å². The zero-order valence-electron chi connectivity index (χ0n) is 13.9. The first kappa shape index (κ1) is 22.0. The molecule has 0 amide bonds. The fourth-order valence-corrected chi connectivity index (χ4v) is 5.79. The molecule has 24 heavy (non-hydrogen) atoms. The Labute approximate surface area is 169 Å². The fraction of sp³-hybridized carbons (Fsp3) is 0.643. The van der Waals surface area contributed by atoms with Crippen LogP contribution in [0.1, 0.15) is 17.7 Å². The van der Waals surface area contributed by atoms with Gasteiger partial charge in [-0.25, -0.2) is 13.1 Å². The summed E-state index contributed by atoms with van der Waals surface area (Å²) in [5, 5.41) is 7.06. The van der Waals surface area contributed by atoms with Gasteiger partial charge in [-0.1, -0.05) is 0 Å². The van der Waals surface area contributed by atoms with Crippen LogP contribution in [-0.2, 0) is 10.0 Å². The molecule has 6 nitrogen and oxygen atoms in total. The first-order chi connectivity index (χ1) is 11.0. The third-order valence-electron chi connectivity index (χ3n) is 3.43. The van der Waals surface area contributed by atoms with Crippen molar-refractivity contribution in [1.82, 2.24) is 15.4 Å². The minimum atomic E-state index is -3.40. The molecule has 2 heterocycles. The second-order valence-corrected chi connectivity index (χ2v) is 9.97. The van der Waals surface area contributed by atoms with Crippen LogP contribution in [0.15, 0.2) is 21.3 Å². The quantitative estimate of drug-likeness (QED) is 0.229. The largest absolute Gasteiger partial charge is 0.355 e. The lowest BCUT2D eigenvalue weighted by molar-refractivity contribution is 0.582. The van der Waals surface area contributed by atoms with Gasteiger partial charge >= 0.3 is 0 Å². The highest BCUT2D eigenvalue weighted by molar-refractivity contribution is 14.0. The van der Waals surface area contributed by atoms with E-state index in [0.717, 1.165) is 11.4 Å². The lowest BCUT2D eigenvalue weighted by Gasteiger charge is -2.14. The van der Waals surface area contributed by atoms with Gasteiger partial charge in [0.15, 0.2) is 5.96 Å². The van der Waals surface area contributed by atoms with Crippen LogP contribution in [0.2, 0.25) is 0 Å². The van der Waals surface area contributed by atoms with Crippen molar-refractivity contribution in [3.05, 3.63) is 17.0 Å². The molecule has 0 radical (unpaired) electrons. The molecule has 1 aliphatic rings. The standard InChI is InChI=1S/C14H24N4O2S3.HI/c1-11-5-6-13(22-11)23(19,20)18-8-7-16-14(15-2)17-10-12-4-3-9-21-12;/h5-6,12,18H,3-4,7-10H2,1-2H3,(H2,15,16,17);1H. The van der Waals surface area contributed by atoms with E-state index < -0.39 is 10.0 Å². The van der Waals surface area contributed by atoms with Crippen LogP contribution in [-0.4, -0.2) is 52.1 Å². The van der Waals surface area contributed by atoms with E-state index in [1.807, 2.05) is 24.8 Å². The second kappa shape index (κ2) is 10.8. The molecule has 3 N–H and O–H groups in total. The summed E-state index contributed by atoms with van der Waals surface area (Å²) in [6.45, 7) is 3.59. The predicted molar refractivity (Wildman–Crippen MR) is 115 cm³/mol. The minimum Gasteiger partial charge on any atom is -0.355 e. The zero-order valence-corrected chi connectivity index (χ0v) is 18.7. The molecule has 0 saturated carbocycles. The van der Waals surface area contributed by atoms with Crippen molar-refractivity contribution in [3.63, 3.8) is 0 Å². The third kappa shape index (κ3) is 7.06. The Balaban J connectivity index is 0.00000288. The van der Waals surface area contributed by atoms with Gasteiger partial charge in [0.2, 0.25) is 10.0 Å². The molecule has 1 atom stereocenters. The summed E-state index contributed by atoms with van der Waals surface area (Å²) in [6.07, 6.45) is 2.53. The van der Waals surface area contributed by atoms with Gasteiger partial charge in [-0.15, -0.1) is 35.3 Å². The van der Waals surface area contributed by atoms with Crippen LogP contribution in [0.5, 0.6) is 0 Å². The van der Waals surface area contributed by atoms with Crippen LogP contribution in [0, 0.1) is 6.92 Å². The van der Waals surface area contributed by atoms with Gasteiger partial charge in [-0.3, -0.25) is 4.99 Å².